The highest BCUT2D eigenvalue weighted by Crippen LogP contribution is 2.28. The number of hydrogen-bond acceptors (Lipinski definition) is 4. The fourth-order valence-corrected chi connectivity index (χ4v) is 3.65. The van der Waals surface area contributed by atoms with Crippen LogP contribution in [0.4, 0.5) is 15.8 Å². The van der Waals surface area contributed by atoms with Crippen LogP contribution in [0.5, 0.6) is 0 Å². The van der Waals surface area contributed by atoms with Gasteiger partial charge in [0, 0.05) is 29.0 Å². The monoisotopic (exact) mass is 425 g/mol. The van der Waals surface area contributed by atoms with Crippen LogP contribution in [0.3, 0.4) is 0 Å². The van der Waals surface area contributed by atoms with E-state index in [9.17, 15) is 9.18 Å². The van der Waals surface area contributed by atoms with Gasteiger partial charge in [0.05, 0.1) is 11.3 Å². The van der Waals surface area contributed by atoms with Crippen molar-refractivity contribution in [3.63, 3.8) is 0 Å². The average Bonchev–Trinajstić information content (AvgIpc) is 3.21. The molecule has 7 heteroatoms. The van der Waals surface area contributed by atoms with Gasteiger partial charge in [0.2, 0.25) is 0 Å². The molecule has 1 fully saturated rings. The fourth-order valence-electron chi connectivity index (χ4n) is 3.65. The van der Waals surface area contributed by atoms with Crippen LogP contribution in [0.25, 0.3) is 11.0 Å². The first-order valence-corrected chi connectivity index (χ1v) is 11.0. The van der Waals surface area contributed by atoms with Crippen LogP contribution in [0.15, 0.2) is 36.5 Å². The van der Waals surface area contributed by atoms with Crippen LogP contribution in [-0.2, 0) is 0 Å². The third kappa shape index (κ3) is 5.82. The van der Waals surface area contributed by atoms with E-state index in [4.69, 9.17) is 11.5 Å². The molecule has 0 saturated heterocycles. The highest BCUT2D eigenvalue weighted by atomic mass is 19.1. The lowest BCUT2D eigenvalue weighted by Gasteiger charge is -2.15. The zero-order chi connectivity index (χ0) is 22.4. The Bertz CT molecular complexity index is 1010. The third-order valence-electron chi connectivity index (χ3n) is 5.86. The minimum Gasteiger partial charge on any atom is -0.397 e. The van der Waals surface area contributed by atoms with E-state index in [0.717, 1.165) is 17.5 Å². The minimum atomic E-state index is -0.375. The highest BCUT2D eigenvalue weighted by molar-refractivity contribution is 6.11. The lowest BCUT2D eigenvalue weighted by atomic mass is 9.97. The molecule has 2 heterocycles. The van der Waals surface area contributed by atoms with Crippen molar-refractivity contribution in [2.45, 2.75) is 64.3 Å². The molecule has 3 aromatic rings. The van der Waals surface area contributed by atoms with E-state index in [0.29, 0.717) is 34.5 Å². The average molecular weight is 426 g/mol. The second-order valence-electron chi connectivity index (χ2n) is 8.24. The van der Waals surface area contributed by atoms with Gasteiger partial charge < -0.3 is 21.8 Å². The van der Waals surface area contributed by atoms with Crippen LogP contribution in [-0.4, -0.2) is 21.9 Å². The summed E-state index contributed by atoms with van der Waals surface area (Å²) in [7, 11) is 0. The van der Waals surface area contributed by atoms with Crippen molar-refractivity contribution in [3.05, 3.63) is 53.6 Å². The molecule has 1 aromatic carbocycles. The molecule has 0 spiro atoms. The maximum absolute atomic E-state index is 12.9. The number of nitrogens with two attached hydrogens (primary N) is 2. The normalized spacial score (nSPS) is 15.2. The molecule has 1 aliphatic rings. The van der Waals surface area contributed by atoms with E-state index in [1.54, 1.807) is 0 Å². The number of fused-ring (bicyclic) bond motifs is 1. The van der Waals surface area contributed by atoms with Crippen LogP contribution >= 0.6 is 0 Å². The van der Waals surface area contributed by atoms with Crippen molar-refractivity contribution in [2.75, 3.05) is 11.1 Å². The first-order chi connectivity index (χ1) is 14.9. The topological polar surface area (TPSA) is 110 Å². The Hall–Kier alpha value is -2.93. The molecule has 0 aliphatic heterocycles. The molecule has 1 aliphatic carbocycles. The summed E-state index contributed by atoms with van der Waals surface area (Å²) in [5.41, 5.74) is 14.7. The van der Waals surface area contributed by atoms with Gasteiger partial charge in [-0.05, 0) is 55.5 Å². The van der Waals surface area contributed by atoms with E-state index in [2.05, 4.69) is 29.1 Å². The SMILES string of the molecule is CCC(C)c1cc2c(N)c(C(=O)Nc3ccc(F)cc3)cnc2[nH]1.NC1CCCCC1. The molecule has 2 aromatic heterocycles. The number of carbonyl (C=O) groups is 1. The molecule has 1 amide bonds. The zero-order valence-corrected chi connectivity index (χ0v) is 18.2. The summed E-state index contributed by atoms with van der Waals surface area (Å²) in [6.07, 6.45) is 9.11. The number of rotatable bonds is 4. The molecular weight excluding hydrogens is 393 g/mol. The van der Waals surface area contributed by atoms with Gasteiger partial charge in [-0.25, -0.2) is 9.37 Å². The second kappa shape index (κ2) is 10.4. The second-order valence-corrected chi connectivity index (χ2v) is 8.24. The van der Waals surface area contributed by atoms with Crippen molar-refractivity contribution >= 4 is 28.3 Å². The number of amides is 1. The summed E-state index contributed by atoms with van der Waals surface area (Å²) in [5, 5.41) is 3.43. The van der Waals surface area contributed by atoms with Crippen LogP contribution in [0, 0.1) is 5.82 Å². The van der Waals surface area contributed by atoms with Gasteiger partial charge in [0.15, 0.2) is 0 Å². The molecule has 1 atom stereocenters. The molecule has 1 saturated carbocycles. The Morgan fingerprint density at radius 1 is 1.26 bits per heavy atom. The molecule has 0 bridgehead atoms. The van der Waals surface area contributed by atoms with Crippen molar-refractivity contribution < 1.29 is 9.18 Å². The molecule has 0 radical (unpaired) electrons. The number of nitrogen functional groups attached to an aromatic ring is 1. The quantitative estimate of drug-likeness (QED) is 0.453. The third-order valence-corrected chi connectivity index (χ3v) is 5.86. The van der Waals surface area contributed by atoms with Crippen molar-refractivity contribution in [1.82, 2.24) is 9.97 Å². The number of aromatic nitrogens is 2. The number of hydrogen-bond donors (Lipinski definition) is 4. The summed E-state index contributed by atoms with van der Waals surface area (Å²) >= 11 is 0. The highest BCUT2D eigenvalue weighted by Gasteiger charge is 2.16. The molecule has 1 unspecified atom stereocenters. The molecule has 166 valence electrons. The number of H-pyrrole nitrogens is 1. The van der Waals surface area contributed by atoms with E-state index >= 15 is 0 Å². The lowest BCUT2D eigenvalue weighted by molar-refractivity contribution is 0.102. The zero-order valence-electron chi connectivity index (χ0n) is 18.2. The summed E-state index contributed by atoms with van der Waals surface area (Å²) in [6.45, 7) is 4.22. The molecule has 6 nitrogen and oxygen atoms in total. The van der Waals surface area contributed by atoms with Crippen molar-refractivity contribution in [1.29, 1.82) is 0 Å². The number of carbonyl (C=O) groups excluding carboxylic acids is 1. The van der Waals surface area contributed by atoms with Gasteiger partial charge in [0.25, 0.3) is 5.91 Å². The fraction of sp³-hybridized carbons (Fsp3) is 0.417. The van der Waals surface area contributed by atoms with Gasteiger partial charge in [0.1, 0.15) is 11.5 Å². The molecule has 6 N–H and O–H groups in total. The van der Waals surface area contributed by atoms with Gasteiger partial charge in [-0.2, -0.15) is 0 Å². The van der Waals surface area contributed by atoms with Crippen molar-refractivity contribution in [3.8, 4) is 0 Å². The first-order valence-electron chi connectivity index (χ1n) is 11.0. The lowest BCUT2D eigenvalue weighted by Crippen LogP contribution is -2.22. The summed E-state index contributed by atoms with van der Waals surface area (Å²) in [5.74, 6) is -0.379. The van der Waals surface area contributed by atoms with Crippen molar-refractivity contribution in [2.24, 2.45) is 5.73 Å². The van der Waals surface area contributed by atoms with Crippen LogP contribution < -0.4 is 16.8 Å². The summed E-state index contributed by atoms with van der Waals surface area (Å²) in [4.78, 5) is 20.0. The number of halogens is 1. The summed E-state index contributed by atoms with van der Waals surface area (Å²) < 4.78 is 12.9. The van der Waals surface area contributed by atoms with E-state index < -0.39 is 0 Å². The Labute approximate surface area is 182 Å². The maximum atomic E-state index is 12.9. The Kier molecular flexibility index (Phi) is 7.63. The van der Waals surface area contributed by atoms with Gasteiger partial charge in [-0.15, -0.1) is 0 Å². The number of nitrogens with zero attached hydrogens (tertiary/aromatic N) is 1. The van der Waals surface area contributed by atoms with Gasteiger partial charge in [-0.3, -0.25) is 4.79 Å². The van der Waals surface area contributed by atoms with E-state index in [1.807, 2.05) is 6.07 Å². The largest absolute Gasteiger partial charge is 0.397 e. The van der Waals surface area contributed by atoms with E-state index in [1.165, 1.54) is 62.6 Å². The Morgan fingerprint density at radius 3 is 2.52 bits per heavy atom. The van der Waals surface area contributed by atoms with Crippen LogP contribution in [0.1, 0.15) is 74.3 Å². The van der Waals surface area contributed by atoms with E-state index in [-0.39, 0.29) is 11.7 Å². The Morgan fingerprint density at radius 2 is 1.94 bits per heavy atom. The first kappa shape index (κ1) is 22.7. The minimum absolute atomic E-state index is 0.293. The standard InChI is InChI=1S/C18H19FN4O.C6H13N/c1-3-10(2)15-8-13-16(20)14(9-21-17(13)23-15)18(24)22-12-6-4-11(19)5-7-12;7-6-4-2-1-3-5-6/h4-10H,3H2,1-2H3,(H,22,24)(H3,20,21,23);6H,1-5,7H2. The number of nitrogens with one attached hydrogen (secondary N) is 2. The number of pyridine rings is 1. The molecule has 4 rings (SSSR count). The maximum Gasteiger partial charge on any atom is 0.259 e. The molecular formula is C24H32FN5O. The number of anilines is 2. The number of aromatic amines is 1. The molecule has 31 heavy (non-hydrogen) atoms. The predicted octanol–water partition coefficient (Wildman–Crippen LogP) is 5.33. The number of benzene rings is 1. The Balaban J connectivity index is 0.000000330. The van der Waals surface area contributed by atoms with Gasteiger partial charge in [-0.1, -0.05) is 33.1 Å². The summed E-state index contributed by atoms with van der Waals surface area (Å²) in [6, 6.07) is 8.03. The van der Waals surface area contributed by atoms with Gasteiger partial charge >= 0.3 is 0 Å². The van der Waals surface area contributed by atoms with Crippen LogP contribution in [0.2, 0.25) is 0 Å². The smallest absolute Gasteiger partial charge is 0.259 e. The predicted molar refractivity (Wildman–Crippen MR) is 125 cm³/mol.